The van der Waals surface area contributed by atoms with Crippen molar-refractivity contribution in [2.45, 2.75) is 25.7 Å². The van der Waals surface area contributed by atoms with Gasteiger partial charge in [0.05, 0.1) is 26.9 Å². The maximum Gasteiger partial charge on any atom is 0.257 e. The van der Waals surface area contributed by atoms with Crippen molar-refractivity contribution >= 4 is 5.91 Å². The van der Waals surface area contributed by atoms with Gasteiger partial charge in [-0.05, 0) is 44.2 Å². The Hall–Kier alpha value is -1.95. The van der Waals surface area contributed by atoms with Crippen molar-refractivity contribution in [1.29, 1.82) is 0 Å². The summed E-state index contributed by atoms with van der Waals surface area (Å²) in [7, 11) is 4.71. The number of hydrogen-bond acceptors (Lipinski definition) is 5. The average Bonchev–Trinajstić information content (AvgIpc) is 2.67. The van der Waals surface area contributed by atoms with Crippen LogP contribution in [0.1, 0.15) is 36.0 Å². The van der Waals surface area contributed by atoms with Crippen LogP contribution in [0, 0.1) is 5.41 Å². The molecule has 3 rings (SSSR count). The largest absolute Gasteiger partial charge is 0.496 e. The number of piperidine rings is 2. The van der Waals surface area contributed by atoms with Gasteiger partial charge in [-0.15, -0.1) is 0 Å². The minimum Gasteiger partial charge on any atom is -0.496 e. The van der Waals surface area contributed by atoms with E-state index in [-0.39, 0.29) is 5.91 Å². The molecular formula is C19H28N2O4. The van der Waals surface area contributed by atoms with Crippen molar-refractivity contribution in [3.05, 3.63) is 17.7 Å². The van der Waals surface area contributed by atoms with Gasteiger partial charge in [0.25, 0.3) is 5.91 Å². The molecule has 1 aromatic carbocycles. The lowest BCUT2D eigenvalue weighted by Gasteiger charge is -2.44. The third-order valence-electron chi connectivity index (χ3n) is 5.71. The lowest BCUT2D eigenvalue weighted by molar-refractivity contribution is 0.0493. The number of likely N-dealkylation sites (tertiary alicyclic amines) is 1. The van der Waals surface area contributed by atoms with Crippen LogP contribution < -0.4 is 19.5 Å². The highest BCUT2D eigenvalue weighted by Gasteiger charge is 2.37. The van der Waals surface area contributed by atoms with Crippen LogP contribution in [-0.4, -0.2) is 58.3 Å². The van der Waals surface area contributed by atoms with E-state index in [1.54, 1.807) is 33.5 Å². The van der Waals surface area contributed by atoms with E-state index in [0.29, 0.717) is 28.2 Å². The number of methoxy groups -OCH3 is 3. The lowest BCUT2D eigenvalue weighted by atomic mass is 9.71. The molecule has 1 spiro atoms. The molecule has 138 valence electrons. The number of carbonyl (C=O) groups excluding carboxylic acids is 1. The van der Waals surface area contributed by atoms with Gasteiger partial charge in [0, 0.05) is 25.2 Å². The molecule has 1 amide bonds. The normalized spacial score (nSPS) is 19.6. The molecule has 0 radical (unpaired) electrons. The molecule has 0 saturated carbocycles. The van der Waals surface area contributed by atoms with Gasteiger partial charge in [0.15, 0.2) is 11.5 Å². The van der Waals surface area contributed by atoms with Crippen molar-refractivity contribution in [1.82, 2.24) is 10.2 Å². The molecule has 6 heteroatoms. The predicted molar refractivity (Wildman–Crippen MR) is 95.8 cm³/mol. The number of nitrogens with zero attached hydrogens (tertiary/aromatic N) is 1. The van der Waals surface area contributed by atoms with Gasteiger partial charge in [-0.2, -0.15) is 0 Å². The summed E-state index contributed by atoms with van der Waals surface area (Å²) in [6.07, 6.45) is 4.59. The van der Waals surface area contributed by atoms with Crippen LogP contribution >= 0.6 is 0 Å². The zero-order chi connectivity index (χ0) is 17.9. The number of carbonyl (C=O) groups is 1. The summed E-state index contributed by atoms with van der Waals surface area (Å²) in [5, 5.41) is 3.43. The maximum absolute atomic E-state index is 13.1. The van der Waals surface area contributed by atoms with Crippen LogP contribution in [0.4, 0.5) is 0 Å². The van der Waals surface area contributed by atoms with Gasteiger partial charge in [0.2, 0.25) is 0 Å². The molecule has 0 bridgehead atoms. The summed E-state index contributed by atoms with van der Waals surface area (Å²) in [5.41, 5.74) is 0.949. The Balaban J connectivity index is 1.77. The second-order valence-corrected chi connectivity index (χ2v) is 6.95. The molecule has 0 unspecified atom stereocenters. The first-order valence-corrected chi connectivity index (χ1v) is 8.92. The Bertz CT molecular complexity index is 616. The summed E-state index contributed by atoms with van der Waals surface area (Å²) in [6.45, 7) is 3.79. The van der Waals surface area contributed by atoms with E-state index in [1.165, 1.54) is 12.8 Å². The number of benzene rings is 1. The second kappa shape index (κ2) is 7.52. The Morgan fingerprint density at radius 2 is 1.48 bits per heavy atom. The van der Waals surface area contributed by atoms with Crippen LogP contribution in [0.25, 0.3) is 0 Å². The average molecular weight is 348 g/mol. The molecule has 2 aliphatic heterocycles. The lowest BCUT2D eigenvalue weighted by Crippen LogP contribution is -2.47. The Labute approximate surface area is 149 Å². The first-order valence-electron chi connectivity index (χ1n) is 8.92. The van der Waals surface area contributed by atoms with Crippen molar-refractivity contribution < 1.29 is 19.0 Å². The molecule has 2 fully saturated rings. The van der Waals surface area contributed by atoms with E-state index in [0.717, 1.165) is 39.0 Å². The number of hydrogen-bond donors (Lipinski definition) is 1. The summed E-state index contributed by atoms with van der Waals surface area (Å²) in [4.78, 5) is 15.0. The Kier molecular flexibility index (Phi) is 5.37. The van der Waals surface area contributed by atoms with Crippen molar-refractivity contribution in [3.63, 3.8) is 0 Å². The number of amides is 1. The SMILES string of the molecule is COc1cc(OC)c(C(=O)N2CCC3(CCNCC3)CC2)cc1OC. The number of ether oxygens (including phenoxy) is 3. The van der Waals surface area contributed by atoms with Gasteiger partial charge in [-0.25, -0.2) is 0 Å². The van der Waals surface area contributed by atoms with E-state index in [4.69, 9.17) is 14.2 Å². The maximum atomic E-state index is 13.1. The summed E-state index contributed by atoms with van der Waals surface area (Å²) < 4.78 is 16.1. The molecule has 0 atom stereocenters. The van der Waals surface area contributed by atoms with Crippen LogP contribution in [-0.2, 0) is 0 Å². The zero-order valence-electron chi connectivity index (χ0n) is 15.4. The smallest absolute Gasteiger partial charge is 0.257 e. The minimum absolute atomic E-state index is 0.00147. The van der Waals surface area contributed by atoms with Crippen LogP contribution in [0.15, 0.2) is 12.1 Å². The fourth-order valence-electron chi connectivity index (χ4n) is 4.01. The van der Waals surface area contributed by atoms with Crippen molar-refractivity contribution in [2.24, 2.45) is 5.41 Å². The van der Waals surface area contributed by atoms with E-state index in [9.17, 15) is 4.79 Å². The molecule has 2 heterocycles. The zero-order valence-corrected chi connectivity index (χ0v) is 15.4. The highest BCUT2D eigenvalue weighted by atomic mass is 16.5. The van der Waals surface area contributed by atoms with Gasteiger partial charge in [-0.1, -0.05) is 0 Å². The molecule has 6 nitrogen and oxygen atoms in total. The molecule has 1 aromatic rings. The molecular weight excluding hydrogens is 320 g/mol. The van der Waals surface area contributed by atoms with E-state index in [1.807, 2.05) is 4.90 Å². The first-order chi connectivity index (χ1) is 12.1. The van der Waals surface area contributed by atoms with Crippen molar-refractivity contribution in [3.8, 4) is 17.2 Å². The van der Waals surface area contributed by atoms with E-state index in [2.05, 4.69) is 5.32 Å². The molecule has 2 saturated heterocycles. The van der Waals surface area contributed by atoms with Gasteiger partial charge in [0.1, 0.15) is 5.75 Å². The number of rotatable bonds is 4. The van der Waals surface area contributed by atoms with E-state index >= 15 is 0 Å². The molecule has 0 aromatic heterocycles. The van der Waals surface area contributed by atoms with Gasteiger partial charge >= 0.3 is 0 Å². The van der Waals surface area contributed by atoms with Crippen molar-refractivity contribution in [2.75, 3.05) is 47.5 Å². The standard InChI is InChI=1S/C19H28N2O4/c1-23-15-13-17(25-3)16(24-2)12-14(15)18(22)21-10-6-19(7-11-21)4-8-20-9-5-19/h12-13,20H,4-11H2,1-3H3. The molecule has 1 N–H and O–H groups in total. The van der Waals surface area contributed by atoms with Gasteiger partial charge < -0.3 is 24.4 Å². The highest BCUT2D eigenvalue weighted by Crippen LogP contribution is 2.41. The van der Waals surface area contributed by atoms with Crippen LogP contribution in [0.3, 0.4) is 0 Å². The highest BCUT2D eigenvalue weighted by molar-refractivity contribution is 5.98. The van der Waals surface area contributed by atoms with Gasteiger partial charge in [-0.3, -0.25) is 4.79 Å². The monoisotopic (exact) mass is 348 g/mol. The van der Waals surface area contributed by atoms with Crippen LogP contribution in [0.5, 0.6) is 17.2 Å². The molecule has 0 aliphatic carbocycles. The third kappa shape index (κ3) is 3.54. The summed E-state index contributed by atoms with van der Waals surface area (Å²) in [5.74, 6) is 1.62. The molecule has 25 heavy (non-hydrogen) atoms. The fraction of sp³-hybridized carbons (Fsp3) is 0.632. The Morgan fingerprint density at radius 1 is 0.920 bits per heavy atom. The third-order valence-corrected chi connectivity index (χ3v) is 5.71. The fourth-order valence-corrected chi connectivity index (χ4v) is 4.01. The molecule has 2 aliphatic rings. The number of nitrogens with one attached hydrogen (secondary N) is 1. The Morgan fingerprint density at radius 3 is 2.04 bits per heavy atom. The quantitative estimate of drug-likeness (QED) is 0.905. The van der Waals surface area contributed by atoms with E-state index < -0.39 is 0 Å². The van der Waals surface area contributed by atoms with Crippen LogP contribution in [0.2, 0.25) is 0 Å². The summed E-state index contributed by atoms with van der Waals surface area (Å²) >= 11 is 0. The minimum atomic E-state index is 0.00147. The predicted octanol–water partition coefficient (Wildman–Crippen LogP) is 2.32. The summed E-state index contributed by atoms with van der Waals surface area (Å²) in [6, 6.07) is 3.43. The topological polar surface area (TPSA) is 60.0 Å². The first kappa shape index (κ1) is 17.9. The second-order valence-electron chi connectivity index (χ2n) is 6.95.